The molecule has 0 spiro atoms. The highest BCUT2D eigenvalue weighted by Crippen LogP contribution is 2.26. The molecular formula is C14H20N2O3. The predicted molar refractivity (Wildman–Crippen MR) is 71.6 cm³/mol. The molecule has 1 atom stereocenters. The Hall–Kier alpha value is -1.78. The molecule has 1 aromatic heterocycles. The van der Waals surface area contributed by atoms with Crippen LogP contribution in [0.15, 0.2) is 12.1 Å². The van der Waals surface area contributed by atoms with E-state index in [4.69, 9.17) is 9.47 Å². The zero-order chi connectivity index (χ0) is 13.8. The summed E-state index contributed by atoms with van der Waals surface area (Å²) in [4.78, 5) is 18.4. The van der Waals surface area contributed by atoms with E-state index in [0.29, 0.717) is 11.8 Å². The number of amides is 1. The van der Waals surface area contributed by atoms with Gasteiger partial charge in [-0.15, -0.1) is 0 Å². The molecule has 1 saturated heterocycles. The third-order valence-electron chi connectivity index (χ3n) is 3.51. The Kier molecular flexibility index (Phi) is 4.24. The second-order valence-electron chi connectivity index (χ2n) is 4.74. The van der Waals surface area contributed by atoms with E-state index in [2.05, 4.69) is 4.98 Å². The second kappa shape index (κ2) is 5.91. The number of hydrogen-bond donors (Lipinski definition) is 0. The van der Waals surface area contributed by atoms with Gasteiger partial charge in [0, 0.05) is 25.2 Å². The molecule has 0 aromatic carbocycles. The van der Waals surface area contributed by atoms with Gasteiger partial charge in [0.25, 0.3) is 0 Å². The maximum atomic E-state index is 12.4. The van der Waals surface area contributed by atoms with Crippen LogP contribution in [-0.4, -0.2) is 43.1 Å². The van der Waals surface area contributed by atoms with Crippen molar-refractivity contribution in [2.45, 2.75) is 25.7 Å². The zero-order valence-electron chi connectivity index (χ0n) is 11.7. The molecule has 2 heterocycles. The van der Waals surface area contributed by atoms with Crippen molar-refractivity contribution in [3.8, 4) is 11.8 Å². The summed E-state index contributed by atoms with van der Waals surface area (Å²) < 4.78 is 10.3. The number of ether oxygens (including phenoxy) is 2. The summed E-state index contributed by atoms with van der Waals surface area (Å²) in [5.41, 5.74) is 0.876. The number of methoxy groups -OCH3 is 2. The van der Waals surface area contributed by atoms with Gasteiger partial charge in [0.1, 0.15) is 0 Å². The van der Waals surface area contributed by atoms with Crippen molar-refractivity contribution in [3.05, 3.63) is 17.7 Å². The van der Waals surface area contributed by atoms with E-state index in [9.17, 15) is 4.79 Å². The predicted octanol–water partition coefficient (Wildman–Crippen LogP) is 1.82. The van der Waals surface area contributed by atoms with Crippen LogP contribution in [0.2, 0.25) is 0 Å². The summed E-state index contributed by atoms with van der Waals surface area (Å²) >= 11 is 0. The Labute approximate surface area is 113 Å². The smallest absolute Gasteiger partial charge is 0.229 e. The maximum absolute atomic E-state index is 12.4. The lowest BCUT2D eigenvalue weighted by atomic mass is 10.0. The molecule has 1 fully saturated rings. The van der Waals surface area contributed by atoms with Crippen LogP contribution in [0.1, 0.15) is 31.2 Å². The first-order valence-corrected chi connectivity index (χ1v) is 6.54. The molecule has 0 aliphatic carbocycles. The summed E-state index contributed by atoms with van der Waals surface area (Å²) in [6.07, 6.45) is 2.20. The lowest BCUT2D eigenvalue weighted by Gasteiger charge is -2.21. The van der Waals surface area contributed by atoms with Gasteiger partial charge in [-0.05, 0) is 25.3 Å². The number of hydrogen-bond acceptors (Lipinski definition) is 4. The molecule has 1 aliphatic rings. The second-order valence-corrected chi connectivity index (χ2v) is 4.74. The number of carbonyl (C=O) groups excluding carboxylic acids is 1. The van der Waals surface area contributed by atoms with E-state index in [1.807, 2.05) is 11.8 Å². The number of carbonyl (C=O) groups is 1. The number of aromatic nitrogens is 1. The molecular weight excluding hydrogens is 244 g/mol. The minimum atomic E-state index is -0.205. The summed E-state index contributed by atoms with van der Waals surface area (Å²) in [6, 6.07) is 3.59. The van der Waals surface area contributed by atoms with Crippen LogP contribution in [-0.2, 0) is 4.79 Å². The quantitative estimate of drug-likeness (QED) is 0.832. The highest BCUT2D eigenvalue weighted by atomic mass is 16.5. The average Bonchev–Trinajstić information content (AvgIpc) is 2.99. The van der Waals surface area contributed by atoms with Gasteiger partial charge in [-0.2, -0.15) is 4.98 Å². The monoisotopic (exact) mass is 264 g/mol. The fourth-order valence-electron chi connectivity index (χ4n) is 2.31. The molecule has 1 amide bonds. The van der Waals surface area contributed by atoms with Gasteiger partial charge < -0.3 is 14.4 Å². The molecule has 0 radical (unpaired) electrons. The van der Waals surface area contributed by atoms with Gasteiger partial charge in [-0.1, -0.05) is 0 Å². The van der Waals surface area contributed by atoms with Crippen molar-refractivity contribution < 1.29 is 14.3 Å². The van der Waals surface area contributed by atoms with Crippen LogP contribution in [0.4, 0.5) is 0 Å². The fourth-order valence-corrected chi connectivity index (χ4v) is 2.31. The number of nitrogens with zero attached hydrogens (tertiary/aromatic N) is 2. The Morgan fingerprint density at radius 3 is 2.21 bits per heavy atom. The van der Waals surface area contributed by atoms with Crippen molar-refractivity contribution in [3.63, 3.8) is 0 Å². The van der Waals surface area contributed by atoms with Crippen LogP contribution < -0.4 is 9.47 Å². The first-order valence-electron chi connectivity index (χ1n) is 6.54. The highest BCUT2D eigenvalue weighted by molar-refractivity contribution is 5.83. The van der Waals surface area contributed by atoms with E-state index in [-0.39, 0.29) is 11.8 Å². The van der Waals surface area contributed by atoms with E-state index >= 15 is 0 Å². The van der Waals surface area contributed by atoms with Crippen LogP contribution in [0.5, 0.6) is 11.8 Å². The van der Waals surface area contributed by atoms with Crippen molar-refractivity contribution in [2.24, 2.45) is 0 Å². The SMILES string of the molecule is COc1cc([C@@H](C)C(=O)N2CCCC2)cc(OC)n1. The van der Waals surface area contributed by atoms with Gasteiger partial charge >= 0.3 is 0 Å². The molecule has 19 heavy (non-hydrogen) atoms. The summed E-state index contributed by atoms with van der Waals surface area (Å²) in [5, 5.41) is 0. The Morgan fingerprint density at radius 1 is 1.21 bits per heavy atom. The largest absolute Gasteiger partial charge is 0.481 e. The third-order valence-corrected chi connectivity index (χ3v) is 3.51. The molecule has 0 N–H and O–H groups in total. The van der Waals surface area contributed by atoms with Gasteiger partial charge in [-0.3, -0.25) is 4.79 Å². The minimum Gasteiger partial charge on any atom is -0.481 e. The van der Waals surface area contributed by atoms with Gasteiger partial charge in [0.2, 0.25) is 17.7 Å². The summed E-state index contributed by atoms with van der Waals surface area (Å²) in [6.45, 7) is 3.64. The molecule has 104 valence electrons. The zero-order valence-corrected chi connectivity index (χ0v) is 11.7. The summed E-state index contributed by atoms with van der Waals surface area (Å²) in [7, 11) is 3.11. The maximum Gasteiger partial charge on any atom is 0.229 e. The normalized spacial score (nSPS) is 16.3. The lowest BCUT2D eigenvalue weighted by Crippen LogP contribution is -2.31. The van der Waals surface area contributed by atoms with E-state index < -0.39 is 0 Å². The first-order chi connectivity index (χ1) is 9.15. The molecule has 0 saturated carbocycles. The molecule has 1 aromatic rings. The fraction of sp³-hybridized carbons (Fsp3) is 0.571. The standard InChI is InChI=1S/C14H20N2O3/c1-10(14(17)16-6-4-5-7-16)11-8-12(18-2)15-13(9-11)19-3/h8-10H,4-7H2,1-3H3/t10-/m1/s1. The Morgan fingerprint density at radius 2 is 1.74 bits per heavy atom. The summed E-state index contributed by atoms with van der Waals surface area (Å²) in [5.74, 6) is 0.891. The third kappa shape index (κ3) is 2.97. The highest BCUT2D eigenvalue weighted by Gasteiger charge is 2.25. The topological polar surface area (TPSA) is 51.7 Å². The molecule has 2 rings (SSSR count). The molecule has 5 heteroatoms. The Balaban J connectivity index is 2.21. The van der Waals surface area contributed by atoms with Crippen LogP contribution in [0.3, 0.4) is 0 Å². The number of rotatable bonds is 4. The Bertz CT molecular complexity index is 434. The van der Waals surface area contributed by atoms with Crippen molar-refractivity contribution in [1.29, 1.82) is 0 Å². The first kappa shape index (κ1) is 13.6. The van der Waals surface area contributed by atoms with Gasteiger partial charge in [0.15, 0.2) is 0 Å². The van der Waals surface area contributed by atoms with Crippen LogP contribution in [0.25, 0.3) is 0 Å². The molecule has 0 bridgehead atoms. The molecule has 5 nitrogen and oxygen atoms in total. The van der Waals surface area contributed by atoms with Gasteiger partial charge in [0.05, 0.1) is 20.1 Å². The van der Waals surface area contributed by atoms with Crippen molar-refractivity contribution in [2.75, 3.05) is 27.3 Å². The average molecular weight is 264 g/mol. The van der Waals surface area contributed by atoms with E-state index in [1.54, 1.807) is 26.4 Å². The molecule has 1 aliphatic heterocycles. The number of likely N-dealkylation sites (tertiary alicyclic amines) is 1. The number of pyridine rings is 1. The van der Waals surface area contributed by atoms with E-state index in [0.717, 1.165) is 31.5 Å². The minimum absolute atomic E-state index is 0.160. The van der Waals surface area contributed by atoms with Crippen LogP contribution >= 0.6 is 0 Å². The lowest BCUT2D eigenvalue weighted by molar-refractivity contribution is -0.131. The van der Waals surface area contributed by atoms with E-state index in [1.165, 1.54) is 0 Å². The van der Waals surface area contributed by atoms with Crippen molar-refractivity contribution in [1.82, 2.24) is 9.88 Å². The van der Waals surface area contributed by atoms with Crippen LogP contribution in [0, 0.1) is 0 Å². The van der Waals surface area contributed by atoms with Crippen molar-refractivity contribution >= 4 is 5.91 Å². The van der Waals surface area contributed by atoms with Gasteiger partial charge in [-0.25, -0.2) is 0 Å². The molecule has 0 unspecified atom stereocenters.